The molecule has 0 unspecified atom stereocenters. The molecular formula is C28H26Cl2N2O8S. The number of thiazole rings is 1. The Kier molecular flexibility index (Phi) is 9.42. The number of hydrogen-bond acceptors (Lipinski definition) is 10. The number of carbonyl (C=O) groups is 2. The highest BCUT2D eigenvalue weighted by atomic mass is 35.5. The van der Waals surface area contributed by atoms with E-state index in [9.17, 15) is 19.5 Å². The van der Waals surface area contributed by atoms with Crippen LogP contribution in [0.5, 0.6) is 17.2 Å². The molecule has 216 valence electrons. The summed E-state index contributed by atoms with van der Waals surface area (Å²) in [6, 6.07) is 6.83. The number of benzene rings is 2. The van der Waals surface area contributed by atoms with Crippen LogP contribution in [0.4, 0.5) is 0 Å². The summed E-state index contributed by atoms with van der Waals surface area (Å²) in [6.07, 6.45) is 1.47. The number of allylic oxidation sites excluding steroid dienone is 1. The van der Waals surface area contributed by atoms with E-state index < -0.39 is 23.5 Å². The van der Waals surface area contributed by atoms with Gasteiger partial charge in [0.15, 0.2) is 22.9 Å². The Morgan fingerprint density at radius 3 is 2.56 bits per heavy atom. The zero-order valence-electron chi connectivity index (χ0n) is 22.5. The predicted molar refractivity (Wildman–Crippen MR) is 154 cm³/mol. The van der Waals surface area contributed by atoms with Gasteiger partial charge in [-0.15, -0.1) is 0 Å². The molecule has 1 aromatic heterocycles. The van der Waals surface area contributed by atoms with E-state index in [1.807, 2.05) is 0 Å². The first-order valence-corrected chi connectivity index (χ1v) is 14.0. The fourth-order valence-corrected chi connectivity index (χ4v) is 5.77. The second kappa shape index (κ2) is 12.8. The van der Waals surface area contributed by atoms with E-state index in [4.69, 9.17) is 37.4 Å². The number of hydrogen-bond donors (Lipinski definition) is 1. The number of aromatic nitrogens is 1. The first-order chi connectivity index (χ1) is 19.6. The minimum Gasteiger partial charge on any atom is -0.506 e. The van der Waals surface area contributed by atoms with Gasteiger partial charge in [0.25, 0.3) is 5.56 Å². The molecule has 2 heterocycles. The molecule has 3 aromatic rings. The first kappa shape index (κ1) is 30.2. The van der Waals surface area contributed by atoms with Crippen molar-refractivity contribution in [1.82, 2.24) is 4.57 Å². The number of nitrogens with zero attached hydrogens (tertiary/aromatic N) is 2. The van der Waals surface area contributed by atoms with E-state index in [0.29, 0.717) is 21.8 Å². The third-order valence-corrected chi connectivity index (χ3v) is 7.51. The van der Waals surface area contributed by atoms with Gasteiger partial charge >= 0.3 is 11.9 Å². The molecule has 0 radical (unpaired) electrons. The molecule has 1 N–H and O–H groups in total. The van der Waals surface area contributed by atoms with Gasteiger partial charge in [0.2, 0.25) is 0 Å². The summed E-state index contributed by atoms with van der Waals surface area (Å²) in [4.78, 5) is 43.5. The van der Waals surface area contributed by atoms with Crippen molar-refractivity contribution in [3.05, 3.63) is 82.5 Å². The van der Waals surface area contributed by atoms with Crippen LogP contribution in [0, 0.1) is 0 Å². The maximum absolute atomic E-state index is 13.9. The number of carbonyl (C=O) groups excluding carboxylic acids is 2. The van der Waals surface area contributed by atoms with Crippen LogP contribution in [-0.2, 0) is 19.1 Å². The van der Waals surface area contributed by atoms with Gasteiger partial charge in [-0.2, -0.15) is 0 Å². The van der Waals surface area contributed by atoms with Crippen LogP contribution >= 0.6 is 34.5 Å². The van der Waals surface area contributed by atoms with E-state index in [-0.39, 0.29) is 57.0 Å². The molecule has 1 aliphatic rings. The molecule has 41 heavy (non-hydrogen) atoms. The summed E-state index contributed by atoms with van der Waals surface area (Å²) in [5, 5.41) is 10.8. The molecule has 1 aliphatic heterocycles. The largest absolute Gasteiger partial charge is 0.506 e. The average Bonchev–Trinajstić information content (AvgIpc) is 3.23. The predicted octanol–water partition coefficient (Wildman–Crippen LogP) is 3.76. The molecule has 0 aliphatic carbocycles. The summed E-state index contributed by atoms with van der Waals surface area (Å²) in [7, 11) is 1.25. The quantitative estimate of drug-likeness (QED) is 0.358. The lowest BCUT2D eigenvalue weighted by molar-refractivity contribution is -0.143. The Labute approximate surface area is 248 Å². The molecule has 0 saturated heterocycles. The summed E-state index contributed by atoms with van der Waals surface area (Å²) in [5.41, 5.74) is 0.838. The average molecular weight is 621 g/mol. The van der Waals surface area contributed by atoms with E-state index in [1.54, 1.807) is 39.0 Å². The van der Waals surface area contributed by atoms with Crippen molar-refractivity contribution in [3.8, 4) is 17.2 Å². The highest BCUT2D eigenvalue weighted by Crippen LogP contribution is 2.37. The molecule has 0 fully saturated rings. The number of aromatic hydroxyl groups is 1. The van der Waals surface area contributed by atoms with Crippen molar-refractivity contribution in [2.24, 2.45) is 4.99 Å². The number of esters is 2. The Hall–Kier alpha value is -3.80. The topological polar surface area (TPSA) is 126 Å². The van der Waals surface area contributed by atoms with Gasteiger partial charge in [-0.3, -0.25) is 9.36 Å². The van der Waals surface area contributed by atoms with Gasteiger partial charge in [-0.25, -0.2) is 14.6 Å². The zero-order chi connectivity index (χ0) is 29.8. The molecule has 2 aromatic carbocycles. The van der Waals surface area contributed by atoms with E-state index in [2.05, 4.69) is 9.73 Å². The fourth-order valence-electron chi connectivity index (χ4n) is 4.22. The number of ether oxygens (including phenoxy) is 4. The molecule has 1 atom stereocenters. The van der Waals surface area contributed by atoms with Crippen LogP contribution in [0.25, 0.3) is 6.08 Å². The second-order valence-electron chi connectivity index (χ2n) is 8.63. The number of phenolic OH excluding ortho intramolecular Hbond substituents is 1. The third kappa shape index (κ3) is 6.27. The Morgan fingerprint density at radius 1 is 1.12 bits per heavy atom. The summed E-state index contributed by atoms with van der Waals surface area (Å²) >= 11 is 13.3. The minimum absolute atomic E-state index is 0.0350. The Morgan fingerprint density at radius 2 is 1.88 bits per heavy atom. The molecule has 4 rings (SSSR count). The maximum atomic E-state index is 13.9. The van der Waals surface area contributed by atoms with Crippen LogP contribution in [0.2, 0.25) is 10.0 Å². The molecule has 0 amide bonds. The van der Waals surface area contributed by atoms with Gasteiger partial charge in [-0.1, -0.05) is 40.6 Å². The van der Waals surface area contributed by atoms with Crippen LogP contribution in [-0.4, -0.2) is 48.5 Å². The third-order valence-electron chi connectivity index (χ3n) is 6.02. The summed E-state index contributed by atoms with van der Waals surface area (Å²) in [6.45, 7) is 5.19. The maximum Gasteiger partial charge on any atom is 0.343 e. The summed E-state index contributed by atoms with van der Waals surface area (Å²) < 4.78 is 22.9. The molecular weight excluding hydrogens is 595 g/mol. The highest BCUT2D eigenvalue weighted by Gasteiger charge is 2.34. The Balaban J connectivity index is 1.93. The van der Waals surface area contributed by atoms with Crippen LogP contribution in [0.1, 0.15) is 37.9 Å². The lowest BCUT2D eigenvalue weighted by Gasteiger charge is -2.25. The number of fused-ring (bicyclic) bond motifs is 1. The SMILES string of the molecule is CCOC(=O)C1=C(C)N=c2s/c(=C\c3cc(Cl)cc(Cl)c3O)c(=O)n2[C@@H]1c1ccc(OCC(=O)OC)c(OCC)c1. The van der Waals surface area contributed by atoms with Crippen molar-refractivity contribution in [1.29, 1.82) is 0 Å². The number of methoxy groups -OCH3 is 1. The van der Waals surface area contributed by atoms with Gasteiger partial charge < -0.3 is 24.1 Å². The second-order valence-corrected chi connectivity index (χ2v) is 10.5. The molecule has 10 nitrogen and oxygen atoms in total. The lowest BCUT2D eigenvalue weighted by Crippen LogP contribution is -2.40. The highest BCUT2D eigenvalue weighted by molar-refractivity contribution is 7.07. The number of halogens is 2. The summed E-state index contributed by atoms with van der Waals surface area (Å²) in [5.74, 6) is -0.853. The van der Waals surface area contributed by atoms with Crippen LogP contribution < -0.4 is 24.4 Å². The van der Waals surface area contributed by atoms with Crippen molar-refractivity contribution in [2.75, 3.05) is 26.9 Å². The van der Waals surface area contributed by atoms with Gasteiger partial charge in [0, 0.05) is 10.6 Å². The van der Waals surface area contributed by atoms with E-state index in [0.717, 1.165) is 11.3 Å². The zero-order valence-corrected chi connectivity index (χ0v) is 24.9. The number of phenols is 1. The van der Waals surface area contributed by atoms with Crippen molar-refractivity contribution < 1.29 is 33.6 Å². The Bertz CT molecular complexity index is 1730. The van der Waals surface area contributed by atoms with Gasteiger partial charge in [0.1, 0.15) is 5.75 Å². The van der Waals surface area contributed by atoms with Crippen LogP contribution in [0.3, 0.4) is 0 Å². The number of rotatable bonds is 9. The van der Waals surface area contributed by atoms with Gasteiger partial charge in [-0.05, 0) is 56.7 Å². The fraction of sp³-hybridized carbons (Fsp3) is 0.286. The smallest absolute Gasteiger partial charge is 0.343 e. The molecule has 0 spiro atoms. The van der Waals surface area contributed by atoms with E-state index in [1.165, 1.54) is 29.9 Å². The van der Waals surface area contributed by atoms with Gasteiger partial charge in [0.05, 0.1) is 47.2 Å². The molecule has 0 bridgehead atoms. The van der Waals surface area contributed by atoms with Crippen molar-refractivity contribution >= 4 is 52.6 Å². The first-order valence-electron chi connectivity index (χ1n) is 12.4. The minimum atomic E-state index is -0.933. The molecule has 13 heteroatoms. The molecule has 0 saturated carbocycles. The standard InChI is InChI=1S/C28H26Cl2N2O8S/c1-5-38-20-10-15(7-8-19(20)40-13-22(33)37-4)24-23(27(36)39-6-2)14(3)31-28-32(24)26(35)21(41-28)11-16-9-17(29)12-18(30)25(16)34/h7-12,24,34H,5-6,13H2,1-4H3/b21-11-/t24-/m1/s1. The van der Waals surface area contributed by atoms with Crippen molar-refractivity contribution in [3.63, 3.8) is 0 Å². The van der Waals surface area contributed by atoms with E-state index >= 15 is 0 Å². The van der Waals surface area contributed by atoms with Crippen molar-refractivity contribution in [2.45, 2.75) is 26.8 Å². The van der Waals surface area contributed by atoms with Crippen LogP contribution in [0.15, 0.2) is 51.4 Å². The lowest BCUT2D eigenvalue weighted by atomic mass is 9.95. The normalized spacial score (nSPS) is 14.8. The monoisotopic (exact) mass is 620 g/mol.